The summed E-state index contributed by atoms with van der Waals surface area (Å²) in [5.74, 6) is 1.33. The van der Waals surface area contributed by atoms with Gasteiger partial charge in [0.2, 0.25) is 0 Å². The minimum absolute atomic E-state index is 0.124. The Hall–Kier alpha value is -3.21. The lowest BCUT2D eigenvalue weighted by Gasteiger charge is -2.26. The molecule has 25 heavy (non-hydrogen) atoms. The van der Waals surface area contributed by atoms with Gasteiger partial charge in [-0.2, -0.15) is 0 Å². The zero-order valence-corrected chi connectivity index (χ0v) is 13.6. The van der Waals surface area contributed by atoms with Crippen LogP contribution in [-0.2, 0) is 0 Å². The van der Waals surface area contributed by atoms with Crippen LogP contribution >= 0.6 is 0 Å². The number of hydrogen-bond donors (Lipinski definition) is 1. The third kappa shape index (κ3) is 3.35. The topological polar surface area (TPSA) is 52.5 Å². The van der Waals surface area contributed by atoms with E-state index in [0.717, 1.165) is 11.4 Å². The van der Waals surface area contributed by atoms with Gasteiger partial charge in [0.1, 0.15) is 12.7 Å². The van der Waals surface area contributed by atoms with Crippen LogP contribution in [0.4, 0.5) is 0 Å². The number of ether oxygens (including phenoxy) is 2. The van der Waals surface area contributed by atoms with Crippen LogP contribution in [0.3, 0.4) is 0 Å². The van der Waals surface area contributed by atoms with Gasteiger partial charge in [-0.25, -0.2) is 0 Å². The van der Waals surface area contributed by atoms with Gasteiger partial charge in [0, 0.05) is 23.6 Å². The van der Waals surface area contributed by atoms with Gasteiger partial charge in [0.15, 0.2) is 11.5 Å². The van der Waals surface area contributed by atoms with E-state index in [1.807, 2.05) is 77.6 Å². The van der Waals surface area contributed by atoms with Gasteiger partial charge in [-0.05, 0) is 48.5 Å². The van der Waals surface area contributed by atoms with Gasteiger partial charge in [0.25, 0.3) is 5.91 Å². The van der Waals surface area contributed by atoms with Crippen molar-refractivity contribution in [3.63, 3.8) is 0 Å². The average Bonchev–Trinajstić information content (AvgIpc) is 3.21. The van der Waals surface area contributed by atoms with Crippen LogP contribution in [0.15, 0.2) is 73.1 Å². The third-order valence-electron chi connectivity index (χ3n) is 4.09. The molecule has 126 valence electrons. The highest BCUT2D eigenvalue weighted by Gasteiger charge is 2.21. The summed E-state index contributed by atoms with van der Waals surface area (Å²) >= 11 is 0. The number of amides is 1. The number of hydrogen-bond acceptors (Lipinski definition) is 3. The van der Waals surface area contributed by atoms with E-state index < -0.39 is 0 Å². The van der Waals surface area contributed by atoms with Crippen molar-refractivity contribution in [2.45, 2.75) is 6.10 Å². The number of nitrogens with one attached hydrogen (secondary N) is 1. The molecule has 0 aliphatic carbocycles. The number of para-hydroxylation sites is 2. The van der Waals surface area contributed by atoms with Crippen molar-refractivity contribution in [2.75, 3.05) is 13.2 Å². The van der Waals surface area contributed by atoms with E-state index in [1.54, 1.807) is 0 Å². The van der Waals surface area contributed by atoms with Crippen molar-refractivity contribution >= 4 is 5.91 Å². The quantitative estimate of drug-likeness (QED) is 0.798. The Morgan fingerprint density at radius 2 is 1.72 bits per heavy atom. The number of rotatable bonds is 4. The molecule has 2 aromatic carbocycles. The predicted molar refractivity (Wildman–Crippen MR) is 94.5 cm³/mol. The highest BCUT2D eigenvalue weighted by molar-refractivity contribution is 5.94. The summed E-state index contributed by atoms with van der Waals surface area (Å²) in [4.78, 5) is 12.3. The standard InChI is InChI=1S/C20H18N2O3/c23-20(15-7-9-16(10-8-15)22-11-3-4-12-22)21-13-17-14-24-18-5-1-2-6-19(18)25-17/h1-12,17H,13-14H2,(H,21,23)/t17-/m0/s1. The number of carbonyl (C=O) groups excluding carboxylic acids is 1. The SMILES string of the molecule is O=C(NC[C@H]1COc2ccccc2O1)c1ccc(-n2cccc2)cc1. The fourth-order valence-electron chi connectivity index (χ4n) is 2.76. The van der Waals surface area contributed by atoms with Crippen LogP contribution in [0.2, 0.25) is 0 Å². The normalized spacial score (nSPS) is 15.6. The van der Waals surface area contributed by atoms with Crippen molar-refractivity contribution in [3.05, 3.63) is 78.6 Å². The molecule has 4 rings (SSSR count). The Morgan fingerprint density at radius 1 is 1.00 bits per heavy atom. The molecule has 1 aromatic heterocycles. The zero-order chi connectivity index (χ0) is 17.1. The molecule has 1 atom stereocenters. The molecule has 2 heterocycles. The molecular formula is C20H18N2O3. The molecule has 0 bridgehead atoms. The summed E-state index contributed by atoms with van der Waals surface area (Å²) in [7, 11) is 0. The molecular weight excluding hydrogens is 316 g/mol. The minimum atomic E-state index is -0.196. The van der Waals surface area contributed by atoms with Crippen molar-refractivity contribution in [1.82, 2.24) is 9.88 Å². The van der Waals surface area contributed by atoms with Gasteiger partial charge in [-0.3, -0.25) is 4.79 Å². The summed E-state index contributed by atoms with van der Waals surface area (Å²) in [5.41, 5.74) is 1.63. The smallest absolute Gasteiger partial charge is 0.251 e. The monoisotopic (exact) mass is 334 g/mol. The average molecular weight is 334 g/mol. The molecule has 3 aromatic rings. The number of benzene rings is 2. The maximum atomic E-state index is 12.3. The van der Waals surface area contributed by atoms with Gasteiger partial charge in [-0.1, -0.05) is 12.1 Å². The molecule has 0 saturated heterocycles. The summed E-state index contributed by atoms with van der Waals surface area (Å²) in [6.45, 7) is 0.816. The first-order valence-corrected chi connectivity index (χ1v) is 8.20. The third-order valence-corrected chi connectivity index (χ3v) is 4.09. The van der Waals surface area contributed by atoms with E-state index in [4.69, 9.17) is 9.47 Å². The van der Waals surface area contributed by atoms with E-state index in [2.05, 4.69) is 5.32 Å². The van der Waals surface area contributed by atoms with Crippen molar-refractivity contribution in [3.8, 4) is 17.2 Å². The highest BCUT2D eigenvalue weighted by Crippen LogP contribution is 2.30. The highest BCUT2D eigenvalue weighted by atomic mass is 16.6. The first-order valence-electron chi connectivity index (χ1n) is 8.20. The van der Waals surface area contributed by atoms with Crippen molar-refractivity contribution < 1.29 is 14.3 Å². The second-order valence-corrected chi connectivity index (χ2v) is 5.84. The Balaban J connectivity index is 1.35. The zero-order valence-electron chi connectivity index (χ0n) is 13.6. The largest absolute Gasteiger partial charge is 0.486 e. The lowest BCUT2D eigenvalue weighted by Crippen LogP contribution is -2.40. The van der Waals surface area contributed by atoms with E-state index in [0.29, 0.717) is 24.5 Å². The molecule has 0 radical (unpaired) electrons. The number of aromatic nitrogens is 1. The second-order valence-electron chi connectivity index (χ2n) is 5.84. The summed E-state index contributed by atoms with van der Waals surface area (Å²) in [6.07, 6.45) is 3.73. The summed E-state index contributed by atoms with van der Waals surface area (Å²) < 4.78 is 13.5. The van der Waals surface area contributed by atoms with Gasteiger partial charge < -0.3 is 19.4 Å². The van der Waals surface area contributed by atoms with E-state index in [9.17, 15) is 4.79 Å². The lowest BCUT2D eigenvalue weighted by atomic mass is 10.2. The number of nitrogens with zero attached hydrogens (tertiary/aromatic N) is 1. The Labute approximate surface area is 145 Å². The van der Waals surface area contributed by atoms with Crippen LogP contribution in [0, 0.1) is 0 Å². The van der Waals surface area contributed by atoms with Crippen LogP contribution in [0.5, 0.6) is 11.5 Å². The Morgan fingerprint density at radius 3 is 2.48 bits per heavy atom. The molecule has 0 fully saturated rings. The second kappa shape index (κ2) is 6.73. The van der Waals surface area contributed by atoms with Gasteiger partial charge >= 0.3 is 0 Å². The van der Waals surface area contributed by atoms with Crippen LogP contribution in [0.1, 0.15) is 10.4 Å². The number of fused-ring (bicyclic) bond motifs is 1. The molecule has 1 amide bonds. The fourth-order valence-corrected chi connectivity index (χ4v) is 2.76. The molecule has 1 N–H and O–H groups in total. The predicted octanol–water partition coefficient (Wildman–Crippen LogP) is 3.05. The Kier molecular flexibility index (Phi) is 4.12. The number of carbonyl (C=O) groups is 1. The minimum Gasteiger partial charge on any atom is -0.486 e. The molecule has 1 aliphatic heterocycles. The van der Waals surface area contributed by atoms with E-state index >= 15 is 0 Å². The van der Waals surface area contributed by atoms with E-state index in [1.165, 1.54) is 0 Å². The first-order chi connectivity index (χ1) is 12.3. The van der Waals surface area contributed by atoms with Crippen LogP contribution in [-0.4, -0.2) is 29.7 Å². The molecule has 0 spiro atoms. The maximum Gasteiger partial charge on any atom is 0.251 e. The Bertz CT molecular complexity index is 857. The molecule has 5 heteroatoms. The first kappa shape index (κ1) is 15.3. The van der Waals surface area contributed by atoms with Crippen LogP contribution in [0.25, 0.3) is 5.69 Å². The summed E-state index contributed by atoms with van der Waals surface area (Å²) in [5, 5.41) is 2.90. The molecule has 0 saturated carbocycles. The van der Waals surface area contributed by atoms with Crippen molar-refractivity contribution in [2.24, 2.45) is 0 Å². The molecule has 1 aliphatic rings. The lowest BCUT2D eigenvalue weighted by molar-refractivity contribution is 0.0789. The van der Waals surface area contributed by atoms with E-state index in [-0.39, 0.29) is 12.0 Å². The van der Waals surface area contributed by atoms with Crippen molar-refractivity contribution in [1.29, 1.82) is 0 Å². The fraction of sp³-hybridized carbons (Fsp3) is 0.150. The van der Waals surface area contributed by atoms with Gasteiger partial charge in [-0.15, -0.1) is 0 Å². The van der Waals surface area contributed by atoms with Gasteiger partial charge in [0.05, 0.1) is 6.54 Å². The molecule has 5 nitrogen and oxygen atoms in total. The maximum absolute atomic E-state index is 12.3. The molecule has 0 unspecified atom stereocenters. The summed E-state index contributed by atoms with van der Waals surface area (Å²) in [6, 6.07) is 18.9. The van der Waals surface area contributed by atoms with Crippen LogP contribution < -0.4 is 14.8 Å².